The van der Waals surface area contributed by atoms with Crippen LogP contribution in [0, 0.1) is 0 Å². The van der Waals surface area contributed by atoms with E-state index < -0.39 is 0 Å². The summed E-state index contributed by atoms with van der Waals surface area (Å²) in [6.07, 6.45) is 5.85. The summed E-state index contributed by atoms with van der Waals surface area (Å²) in [7, 11) is 0. The number of nitrogens with two attached hydrogens (primary N) is 1. The molecule has 2 aromatic heterocycles. The molecule has 3 N–H and O–H groups in total. The van der Waals surface area contributed by atoms with E-state index in [0.29, 0.717) is 17.7 Å². The fraction of sp³-hybridized carbons (Fsp3) is 0.278. The summed E-state index contributed by atoms with van der Waals surface area (Å²) >= 11 is 0. The van der Waals surface area contributed by atoms with Crippen LogP contribution in [0.3, 0.4) is 0 Å². The van der Waals surface area contributed by atoms with Gasteiger partial charge in [-0.15, -0.1) is 0 Å². The molecule has 122 valence electrons. The lowest BCUT2D eigenvalue weighted by Crippen LogP contribution is -2.36. The Hall–Kier alpha value is -2.89. The molecule has 1 aliphatic heterocycles. The Bertz CT molecular complexity index is 813. The number of H-pyrrole nitrogens is 1. The first-order valence-electron chi connectivity index (χ1n) is 8.23. The van der Waals surface area contributed by atoms with Gasteiger partial charge in [-0.2, -0.15) is 10.1 Å². The lowest BCUT2D eigenvalue weighted by Gasteiger charge is -2.32. The van der Waals surface area contributed by atoms with Gasteiger partial charge in [0.05, 0.1) is 6.20 Å². The second-order valence-corrected chi connectivity index (χ2v) is 6.13. The highest BCUT2D eigenvalue weighted by atomic mass is 15.3. The maximum absolute atomic E-state index is 5.80. The molecule has 0 aliphatic carbocycles. The Morgan fingerprint density at radius 2 is 2.04 bits per heavy atom. The largest absolute Gasteiger partial charge is 0.384 e. The smallest absolute Gasteiger partial charge is 0.227 e. The molecule has 1 fully saturated rings. The zero-order valence-corrected chi connectivity index (χ0v) is 13.4. The summed E-state index contributed by atoms with van der Waals surface area (Å²) < 4.78 is 0. The predicted octanol–water partition coefficient (Wildman–Crippen LogP) is 2.83. The summed E-state index contributed by atoms with van der Waals surface area (Å²) in [4.78, 5) is 10.9. The van der Waals surface area contributed by atoms with Gasteiger partial charge in [-0.05, 0) is 24.5 Å². The fourth-order valence-corrected chi connectivity index (χ4v) is 3.36. The summed E-state index contributed by atoms with van der Waals surface area (Å²) in [5, 5.41) is 7.51. The third-order valence-corrected chi connectivity index (χ3v) is 4.53. The average Bonchev–Trinajstić information content (AvgIpc) is 3.12. The molecular formula is C18H20N6. The van der Waals surface area contributed by atoms with Gasteiger partial charge in [-0.1, -0.05) is 30.3 Å². The van der Waals surface area contributed by atoms with Gasteiger partial charge in [-0.3, -0.25) is 5.10 Å². The molecule has 1 saturated heterocycles. The highest BCUT2D eigenvalue weighted by molar-refractivity contribution is 5.66. The Kier molecular flexibility index (Phi) is 3.86. The van der Waals surface area contributed by atoms with Crippen LogP contribution in [0.1, 0.15) is 24.5 Å². The number of nitrogens with one attached hydrogen (secondary N) is 1. The molecule has 6 nitrogen and oxygen atoms in total. The Morgan fingerprint density at radius 1 is 1.17 bits per heavy atom. The first-order chi connectivity index (χ1) is 11.8. The third-order valence-electron chi connectivity index (χ3n) is 4.53. The molecule has 4 rings (SSSR count). The quantitative estimate of drug-likeness (QED) is 0.775. The minimum Gasteiger partial charge on any atom is -0.384 e. The van der Waals surface area contributed by atoms with Crippen molar-refractivity contribution in [3.05, 3.63) is 54.5 Å². The van der Waals surface area contributed by atoms with Gasteiger partial charge >= 0.3 is 0 Å². The lowest BCUT2D eigenvalue weighted by molar-refractivity contribution is 0.495. The molecule has 24 heavy (non-hydrogen) atoms. The minimum atomic E-state index is 0.376. The number of piperidine rings is 1. The highest BCUT2D eigenvalue weighted by Gasteiger charge is 2.26. The predicted molar refractivity (Wildman–Crippen MR) is 94.7 cm³/mol. The maximum atomic E-state index is 5.80. The van der Waals surface area contributed by atoms with Gasteiger partial charge in [0.2, 0.25) is 5.95 Å². The van der Waals surface area contributed by atoms with E-state index in [1.54, 1.807) is 12.3 Å². The fourth-order valence-electron chi connectivity index (χ4n) is 3.36. The van der Waals surface area contributed by atoms with Crippen molar-refractivity contribution in [3.63, 3.8) is 0 Å². The van der Waals surface area contributed by atoms with Crippen molar-refractivity contribution in [2.75, 3.05) is 23.7 Å². The van der Waals surface area contributed by atoms with Crippen molar-refractivity contribution in [3.8, 4) is 11.1 Å². The van der Waals surface area contributed by atoms with Gasteiger partial charge in [0.25, 0.3) is 0 Å². The van der Waals surface area contributed by atoms with Crippen molar-refractivity contribution in [2.24, 2.45) is 0 Å². The molecule has 0 saturated carbocycles. The topological polar surface area (TPSA) is 83.7 Å². The minimum absolute atomic E-state index is 0.376. The monoisotopic (exact) mass is 320 g/mol. The average molecular weight is 320 g/mol. The zero-order chi connectivity index (χ0) is 16.4. The van der Waals surface area contributed by atoms with E-state index in [1.165, 1.54) is 16.8 Å². The van der Waals surface area contributed by atoms with Gasteiger partial charge < -0.3 is 10.6 Å². The molecule has 3 heterocycles. The molecule has 1 unspecified atom stereocenters. The van der Waals surface area contributed by atoms with E-state index in [9.17, 15) is 0 Å². The number of benzene rings is 1. The maximum Gasteiger partial charge on any atom is 0.227 e. The number of aromatic amines is 1. The molecule has 1 aromatic carbocycles. The van der Waals surface area contributed by atoms with Gasteiger partial charge in [0.15, 0.2) is 0 Å². The lowest BCUT2D eigenvalue weighted by atomic mass is 9.91. The van der Waals surface area contributed by atoms with Crippen LogP contribution in [-0.4, -0.2) is 33.3 Å². The van der Waals surface area contributed by atoms with E-state index in [1.807, 2.05) is 12.3 Å². The van der Waals surface area contributed by atoms with Crippen molar-refractivity contribution in [1.29, 1.82) is 0 Å². The SMILES string of the molecule is Nc1ccnc(N2CCCC(c3[nH]ncc3-c3ccccc3)C2)n1. The molecular weight excluding hydrogens is 300 g/mol. The van der Waals surface area contributed by atoms with Crippen LogP contribution < -0.4 is 10.6 Å². The number of hydrogen-bond donors (Lipinski definition) is 2. The summed E-state index contributed by atoms with van der Waals surface area (Å²) in [5.41, 5.74) is 9.36. The summed E-state index contributed by atoms with van der Waals surface area (Å²) in [6.45, 7) is 1.82. The van der Waals surface area contributed by atoms with Crippen LogP contribution in [0.25, 0.3) is 11.1 Å². The zero-order valence-electron chi connectivity index (χ0n) is 13.4. The van der Waals surface area contributed by atoms with Crippen LogP contribution in [0.2, 0.25) is 0 Å². The van der Waals surface area contributed by atoms with Gasteiger partial charge in [0, 0.05) is 36.5 Å². The van der Waals surface area contributed by atoms with E-state index in [-0.39, 0.29) is 0 Å². The normalized spacial score (nSPS) is 17.8. The first kappa shape index (κ1) is 14.7. The molecule has 0 bridgehead atoms. The third kappa shape index (κ3) is 2.82. The van der Waals surface area contributed by atoms with Crippen molar-refractivity contribution >= 4 is 11.8 Å². The van der Waals surface area contributed by atoms with Crippen LogP contribution in [-0.2, 0) is 0 Å². The standard InChI is InChI=1S/C18H20N6/c19-16-8-9-20-18(22-16)24-10-4-7-14(12-24)17-15(11-21-23-17)13-5-2-1-3-6-13/h1-3,5-6,8-9,11,14H,4,7,10,12H2,(H,21,23)(H2,19,20,22). The van der Waals surface area contributed by atoms with Gasteiger partial charge in [-0.25, -0.2) is 4.98 Å². The molecule has 0 amide bonds. The van der Waals surface area contributed by atoms with Crippen LogP contribution in [0.15, 0.2) is 48.8 Å². The van der Waals surface area contributed by atoms with E-state index in [0.717, 1.165) is 25.9 Å². The molecule has 1 atom stereocenters. The van der Waals surface area contributed by atoms with Crippen LogP contribution in [0.5, 0.6) is 0 Å². The van der Waals surface area contributed by atoms with Crippen molar-refractivity contribution < 1.29 is 0 Å². The summed E-state index contributed by atoms with van der Waals surface area (Å²) in [5.74, 6) is 1.59. The first-order valence-corrected chi connectivity index (χ1v) is 8.23. The molecule has 3 aromatic rings. The van der Waals surface area contributed by atoms with E-state index in [4.69, 9.17) is 5.73 Å². The molecule has 1 aliphatic rings. The second-order valence-electron chi connectivity index (χ2n) is 6.13. The number of nitrogens with zero attached hydrogens (tertiary/aromatic N) is 4. The molecule has 6 heteroatoms. The van der Waals surface area contributed by atoms with Crippen molar-refractivity contribution in [1.82, 2.24) is 20.2 Å². The Balaban J connectivity index is 1.60. The number of rotatable bonds is 3. The summed E-state index contributed by atoms with van der Waals surface area (Å²) in [6, 6.07) is 12.1. The second kappa shape index (κ2) is 6.31. The van der Waals surface area contributed by atoms with E-state index in [2.05, 4.69) is 49.3 Å². The number of hydrogen-bond acceptors (Lipinski definition) is 5. The highest BCUT2D eigenvalue weighted by Crippen LogP contribution is 2.33. The number of nitrogen functional groups attached to an aromatic ring is 1. The van der Waals surface area contributed by atoms with Gasteiger partial charge in [0.1, 0.15) is 5.82 Å². The molecule has 0 radical (unpaired) electrons. The van der Waals surface area contributed by atoms with Crippen LogP contribution >= 0.6 is 0 Å². The van der Waals surface area contributed by atoms with Crippen LogP contribution in [0.4, 0.5) is 11.8 Å². The Labute approximate surface area is 140 Å². The molecule has 0 spiro atoms. The Morgan fingerprint density at radius 3 is 2.88 bits per heavy atom. The van der Waals surface area contributed by atoms with Crippen molar-refractivity contribution in [2.45, 2.75) is 18.8 Å². The number of aromatic nitrogens is 4. The van der Waals surface area contributed by atoms with E-state index >= 15 is 0 Å². The number of anilines is 2.